The van der Waals surface area contributed by atoms with Gasteiger partial charge in [0.05, 0.1) is 0 Å². The lowest BCUT2D eigenvalue weighted by Crippen LogP contribution is -2.30. The molecule has 0 radical (unpaired) electrons. The summed E-state index contributed by atoms with van der Waals surface area (Å²) in [7, 11) is 0. The Labute approximate surface area is 431 Å². The largest absolute Gasteiger partial charge is 0.462 e. The lowest BCUT2D eigenvalue weighted by atomic mass is 9.99. The first-order chi connectivity index (χ1) is 33.8. The summed E-state index contributed by atoms with van der Waals surface area (Å²) in [4.78, 5) is 38.3. The fraction of sp³-hybridized carbons (Fsp3) is 0.952. The second-order valence-corrected chi connectivity index (χ2v) is 22.4. The molecule has 0 aliphatic rings. The van der Waals surface area contributed by atoms with E-state index < -0.39 is 6.10 Å². The van der Waals surface area contributed by atoms with Gasteiger partial charge in [-0.2, -0.15) is 0 Å². The van der Waals surface area contributed by atoms with E-state index in [9.17, 15) is 14.4 Å². The van der Waals surface area contributed by atoms with Crippen LogP contribution in [0.2, 0.25) is 0 Å². The highest BCUT2D eigenvalue weighted by Crippen LogP contribution is 2.19. The molecule has 0 aromatic rings. The highest BCUT2D eigenvalue weighted by atomic mass is 16.6. The van der Waals surface area contributed by atoms with E-state index in [0.717, 1.165) is 69.6 Å². The zero-order valence-corrected chi connectivity index (χ0v) is 47.5. The second-order valence-electron chi connectivity index (χ2n) is 22.4. The lowest BCUT2D eigenvalue weighted by Gasteiger charge is -2.18. The number of carbonyl (C=O) groups is 3. The summed E-state index contributed by atoms with van der Waals surface area (Å²) in [5.74, 6) is 0.884. The van der Waals surface area contributed by atoms with Crippen molar-refractivity contribution in [2.24, 2.45) is 11.8 Å². The molecule has 0 bridgehead atoms. The fourth-order valence-electron chi connectivity index (χ4n) is 9.73. The van der Waals surface area contributed by atoms with Crippen LogP contribution in [0.1, 0.15) is 356 Å². The first-order valence-electron chi connectivity index (χ1n) is 31.3. The van der Waals surface area contributed by atoms with Gasteiger partial charge in [0, 0.05) is 19.3 Å². The molecule has 0 heterocycles. The molecule has 2 atom stereocenters. The molecular weight excluding hydrogens is 853 g/mol. The molecule has 0 aliphatic carbocycles. The van der Waals surface area contributed by atoms with Crippen LogP contribution in [0.5, 0.6) is 0 Å². The third kappa shape index (κ3) is 55.6. The van der Waals surface area contributed by atoms with Crippen molar-refractivity contribution < 1.29 is 28.6 Å². The van der Waals surface area contributed by atoms with E-state index in [1.807, 2.05) is 0 Å². The van der Waals surface area contributed by atoms with E-state index in [2.05, 4.69) is 34.6 Å². The van der Waals surface area contributed by atoms with Crippen LogP contribution < -0.4 is 0 Å². The van der Waals surface area contributed by atoms with Crippen LogP contribution in [0.4, 0.5) is 0 Å². The number of esters is 3. The number of carbonyl (C=O) groups excluding carboxylic acids is 3. The molecule has 6 nitrogen and oxygen atoms in total. The SMILES string of the molecule is CCCCCCCCCCCCCCCCCCCCCC(=O)O[C@H](COC(=O)CCCCCCCCCCCCCCCCCC(C)C)COC(=O)CCCCCCCCCCCCC(C)CC. The minimum absolute atomic E-state index is 0.0623. The maximum absolute atomic E-state index is 12.9. The Morgan fingerprint density at radius 2 is 0.551 bits per heavy atom. The van der Waals surface area contributed by atoms with Crippen molar-refractivity contribution in [2.75, 3.05) is 13.2 Å². The van der Waals surface area contributed by atoms with Crippen LogP contribution in [0.25, 0.3) is 0 Å². The zero-order valence-electron chi connectivity index (χ0n) is 47.5. The minimum Gasteiger partial charge on any atom is -0.462 e. The molecule has 0 saturated carbocycles. The number of unbranched alkanes of at least 4 members (excludes halogenated alkanes) is 41. The number of rotatable bonds is 57. The van der Waals surface area contributed by atoms with Crippen molar-refractivity contribution >= 4 is 17.9 Å². The van der Waals surface area contributed by atoms with Gasteiger partial charge in [0.15, 0.2) is 6.10 Å². The molecule has 69 heavy (non-hydrogen) atoms. The van der Waals surface area contributed by atoms with E-state index in [4.69, 9.17) is 14.2 Å². The van der Waals surface area contributed by atoms with Crippen molar-refractivity contribution in [1.29, 1.82) is 0 Å². The fourth-order valence-corrected chi connectivity index (χ4v) is 9.73. The molecule has 0 rings (SSSR count). The molecule has 0 fully saturated rings. The van der Waals surface area contributed by atoms with Gasteiger partial charge < -0.3 is 14.2 Å². The number of hydrogen-bond donors (Lipinski definition) is 0. The first kappa shape index (κ1) is 67.4. The summed E-state index contributed by atoms with van der Waals surface area (Å²) in [6.07, 6.45) is 60.9. The maximum Gasteiger partial charge on any atom is 0.306 e. The normalized spacial score (nSPS) is 12.4. The number of ether oxygens (including phenoxy) is 3. The topological polar surface area (TPSA) is 78.9 Å². The average molecular weight is 976 g/mol. The van der Waals surface area contributed by atoms with Crippen LogP contribution in [0, 0.1) is 11.8 Å². The summed E-state index contributed by atoms with van der Waals surface area (Å²) < 4.78 is 16.9. The van der Waals surface area contributed by atoms with Gasteiger partial charge in [0.2, 0.25) is 0 Å². The smallest absolute Gasteiger partial charge is 0.306 e. The molecule has 0 aromatic carbocycles. The van der Waals surface area contributed by atoms with Gasteiger partial charge in [-0.15, -0.1) is 0 Å². The van der Waals surface area contributed by atoms with Crippen LogP contribution >= 0.6 is 0 Å². The van der Waals surface area contributed by atoms with E-state index in [1.165, 1.54) is 244 Å². The van der Waals surface area contributed by atoms with E-state index in [1.54, 1.807) is 0 Å². The summed E-state index contributed by atoms with van der Waals surface area (Å²) in [5, 5.41) is 0. The Bertz CT molecular complexity index is 1060. The van der Waals surface area contributed by atoms with Crippen molar-refractivity contribution in [3.05, 3.63) is 0 Å². The van der Waals surface area contributed by atoms with Crippen molar-refractivity contribution in [3.63, 3.8) is 0 Å². The van der Waals surface area contributed by atoms with E-state index in [0.29, 0.717) is 19.3 Å². The minimum atomic E-state index is -0.764. The highest BCUT2D eigenvalue weighted by molar-refractivity contribution is 5.71. The molecule has 0 N–H and O–H groups in total. The van der Waals surface area contributed by atoms with Crippen molar-refractivity contribution in [1.82, 2.24) is 0 Å². The van der Waals surface area contributed by atoms with Gasteiger partial charge in [-0.3, -0.25) is 14.4 Å². The summed E-state index contributed by atoms with van der Waals surface area (Å²) in [5.41, 5.74) is 0. The van der Waals surface area contributed by atoms with Crippen molar-refractivity contribution in [3.8, 4) is 0 Å². The molecule has 0 saturated heterocycles. The quantitative estimate of drug-likeness (QED) is 0.0343. The Morgan fingerprint density at radius 3 is 0.826 bits per heavy atom. The maximum atomic E-state index is 12.9. The zero-order chi connectivity index (χ0) is 50.4. The predicted molar refractivity (Wildman–Crippen MR) is 298 cm³/mol. The molecule has 0 aromatic heterocycles. The van der Waals surface area contributed by atoms with Gasteiger partial charge in [-0.25, -0.2) is 0 Å². The first-order valence-corrected chi connectivity index (χ1v) is 31.3. The standard InChI is InChI=1S/C63H122O6/c1-6-8-9-10-11-12-13-14-15-16-17-18-21-25-28-35-40-45-50-55-63(66)69-60(57-68-62(65)54-49-44-39-34-30-29-32-37-42-47-52-59(5)7-2)56-67-61(64)53-48-43-38-33-27-24-22-19-20-23-26-31-36-41-46-51-58(3)4/h58-60H,6-57H2,1-5H3/t59?,60-/m1/s1. The number of hydrogen-bond acceptors (Lipinski definition) is 6. The molecule has 0 aliphatic heterocycles. The van der Waals surface area contributed by atoms with Gasteiger partial charge in [0.1, 0.15) is 13.2 Å². The van der Waals surface area contributed by atoms with Gasteiger partial charge >= 0.3 is 17.9 Å². The summed E-state index contributed by atoms with van der Waals surface area (Å²) >= 11 is 0. The van der Waals surface area contributed by atoms with Gasteiger partial charge in [-0.1, -0.05) is 317 Å². The van der Waals surface area contributed by atoms with Crippen LogP contribution in [0.3, 0.4) is 0 Å². The molecule has 1 unspecified atom stereocenters. The molecule has 410 valence electrons. The van der Waals surface area contributed by atoms with E-state index in [-0.39, 0.29) is 31.1 Å². The highest BCUT2D eigenvalue weighted by Gasteiger charge is 2.19. The molecular formula is C63H122O6. The molecule has 6 heteroatoms. The summed E-state index contributed by atoms with van der Waals surface area (Å²) in [6.45, 7) is 11.5. The third-order valence-corrected chi connectivity index (χ3v) is 14.8. The van der Waals surface area contributed by atoms with Gasteiger partial charge in [0.25, 0.3) is 0 Å². The second kappa shape index (κ2) is 55.7. The Kier molecular flexibility index (Phi) is 54.4. The van der Waals surface area contributed by atoms with Crippen LogP contribution in [-0.4, -0.2) is 37.2 Å². The van der Waals surface area contributed by atoms with Crippen molar-refractivity contribution in [2.45, 2.75) is 362 Å². The van der Waals surface area contributed by atoms with Crippen LogP contribution in [-0.2, 0) is 28.6 Å². The summed E-state index contributed by atoms with van der Waals surface area (Å²) in [6, 6.07) is 0. The molecule has 0 amide bonds. The van der Waals surface area contributed by atoms with E-state index >= 15 is 0 Å². The van der Waals surface area contributed by atoms with Gasteiger partial charge in [-0.05, 0) is 31.1 Å². The Hall–Kier alpha value is -1.59. The molecule has 0 spiro atoms. The third-order valence-electron chi connectivity index (χ3n) is 14.8. The Morgan fingerprint density at radius 1 is 0.304 bits per heavy atom. The Balaban J connectivity index is 4.29. The predicted octanol–water partition coefficient (Wildman–Crippen LogP) is 20.8. The lowest BCUT2D eigenvalue weighted by molar-refractivity contribution is -0.167. The monoisotopic (exact) mass is 975 g/mol. The average Bonchev–Trinajstić information content (AvgIpc) is 3.34. The van der Waals surface area contributed by atoms with Crippen LogP contribution in [0.15, 0.2) is 0 Å².